The Morgan fingerprint density at radius 1 is 1.40 bits per heavy atom. The average molecular weight is 140 g/mol. The predicted octanol–water partition coefficient (Wildman–Crippen LogP) is 1.63. The Morgan fingerprint density at radius 2 is 1.90 bits per heavy atom. The molecule has 58 valence electrons. The quantitative estimate of drug-likeness (QED) is 0.545. The number of nitriles is 1. The topological polar surface area (TPSA) is 27.0 Å². The van der Waals surface area contributed by atoms with Crippen LogP contribution in [0.3, 0.4) is 0 Å². The summed E-state index contributed by atoms with van der Waals surface area (Å²) >= 11 is 0. The molecular formula is C8H16N2. The maximum Gasteiger partial charge on any atom is 0.0870 e. The Morgan fingerprint density at radius 3 is 2.00 bits per heavy atom. The molecule has 0 atom stereocenters. The molecule has 0 aliphatic carbocycles. The molecule has 0 bridgehead atoms. The Hall–Kier alpha value is -0.550. The summed E-state index contributed by atoms with van der Waals surface area (Å²) in [6.07, 6.45) is 0. The first-order valence-corrected chi connectivity index (χ1v) is 3.64. The Kier molecular flexibility index (Phi) is 3.38. The SMILES string of the molecule is CCN(CC#N)C(C)(C)C. The smallest absolute Gasteiger partial charge is 0.0870 e. The molecule has 10 heavy (non-hydrogen) atoms. The lowest BCUT2D eigenvalue weighted by atomic mass is 10.1. The van der Waals surface area contributed by atoms with E-state index in [1.807, 2.05) is 0 Å². The highest BCUT2D eigenvalue weighted by Gasteiger charge is 2.18. The van der Waals surface area contributed by atoms with Crippen molar-refractivity contribution in [1.82, 2.24) is 4.90 Å². The summed E-state index contributed by atoms with van der Waals surface area (Å²) in [5.74, 6) is 0. The van der Waals surface area contributed by atoms with Gasteiger partial charge in [-0.1, -0.05) is 6.92 Å². The summed E-state index contributed by atoms with van der Waals surface area (Å²) in [6, 6.07) is 2.15. The molecule has 0 aliphatic heterocycles. The van der Waals surface area contributed by atoms with Gasteiger partial charge in [-0.25, -0.2) is 0 Å². The van der Waals surface area contributed by atoms with Crippen LogP contribution in [0.25, 0.3) is 0 Å². The van der Waals surface area contributed by atoms with E-state index in [0.29, 0.717) is 6.54 Å². The molecule has 0 heterocycles. The first-order valence-electron chi connectivity index (χ1n) is 3.64. The third kappa shape index (κ3) is 2.84. The molecule has 0 radical (unpaired) electrons. The molecular weight excluding hydrogens is 124 g/mol. The standard InChI is InChI=1S/C8H16N2/c1-5-10(7-6-9)8(2,3)4/h5,7H2,1-4H3. The van der Waals surface area contributed by atoms with Gasteiger partial charge in [0, 0.05) is 5.54 Å². The minimum absolute atomic E-state index is 0.129. The molecule has 0 saturated carbocycles. The van der Waals surface area contributed by atoms with E-state index in [1.165, 1.54) is 0 Å². The van der Waals surface area contributed by atoms with Crippen LogP contribution in [0, 0.1) is 11.3 Å². The van der Waals surface area contributed by atoms with Crippen LogP contribution in [-0.2, 0) is 0 Å². The average Bonchev–Trinajstić information content (AvgIpc) is 1.80. The molecule has 0 aromatic heterocycles. The zero-order chi connectivity index (χ0) is 8.20. The molecule has 0 saturated heterocycles. The van der Waals surface area contributed by atoms with Crippen LogP contribution >= 0.6 is 0 Å². The maximum atomic E-state index is 8.44. The summed E-state index contributed by atoms with van der Waals surface area (Å²) in [5.41, 5.74) is 0.129. The normalized spacial score (nSPS) is 11.6. The predicted molar refractivity (Wildman–Crippen MR) is 42.6 cm³/mol. The van der Waals surface area contributed by atoms with E-state index in [2.05, 4.69) is 38.7 Å². The van der Waals surface area contributed by atoms with Gasteiger partial charge < -0.3 is 0 Å². The molecule has 0 fully saturated rings. The van der Waals surface area contributed by atoms with Crippen LogP contribution < -0.4 is 0 Å². The van der Waals surface area contributed by atoms with E-state index in [9.17, 15) is 0 Å². The highest BCUT2D eigenvalue weighted by molar-refractivity contribution is 4.83. The summed E-state index contributed by atoms with van der Waals surface area (Å²) < 4.78 is 0. The van der Waals surface area contributed by atoms with Crippen molar-refractivity contribution < 1.29 is 0 Å². The zero-order valence-electron chi connectivity index (χ0n) is 7.31. The van der Waals surface area contributed by atoms with Crippen LogP contribution in [0.2, 0.25) is 0 Å². The van der Waals surface area contributed by atoms with E-state index < -0.39 is 0 Å². The monoisotopic (exact) mass is 140 g/mol. The lowest BCUT2D eigenvalue weighted by Gasteiger charge is -2.32. The van der Waals surface area contributed by atoms with Gasteiger partial charge in [-0.15, -0.1) is 0 Å². The van der Waals surface area contributed by atoms with Gasteiger partial charge in [0.25, 0.3) is 0 Å². The highest BCUT2D eigenvalue weighted by atomic mass is 15.2. The van der Waals surface area contributed by atoms with Gasteiger partial charge in [0.05, 0.1) is 12.6 Å². The minimum Gasteiger partial charge on any atom is -0.286 e. The van der Waals surface area contributed by atoms with E-state index in [-0.39, 0.29) is 5.54 Å². The lowest BCUT2D eigenvalue weighted by Crippen LogP contribution is -2.41. The van der Waals surface area contributed by atoms with E-state index in [4.69, 9.17) is 5.26 Å². The fourth-order valence-electron chi connectivity index (χ4n) is 0.909. The van der Waals surface area contributed by atoms with Crippen molar-refractivity contribution in [3.8, 4) is 6.07 Å². The fraction of sp³-hybridized carbons (Fsp3) is 0.875. The van der Waals surface area contributed by atoms with Gasteiger partial charge in [-0.3, -0.25) is 4.90 Å². The summed E-state index contributed by atoms with van der Waals surface area (Å²) in [7, 11) is 0. The molecule has 0 aromatic rings. The van der Waals surface area contributed by atoms with Crippen LogP contribution in [0.5, 0.6) is 0 Å². The first kappa shape index (κ1) is 9.45. The van der Waals surface area contributed by atoms with Gasteiger partial charge in [-0.2, -0.15) is 5.26 Å². The second kappa shape index (κ2) is 3.58. The van der Waals surface area contributed by atoms with Gasteiger partial charge in [0.15, 0.2) is 0 Å². The molecule has 0 aromatic carbocycles. The van der Waals surface area contributed by atoms with Crippen molar-refractivity contribution >= 4 is 0 Å². The number of nitrogens with zero attached hydrogens (tertiary/aromatic N) is 2. The molecule has 2 nitrogen and oxygen atoms in total. The molecule has 0 N–H and O–H groups in total. The van der Waals surface area contributed by atoms with Crippen molar-refractivity contribution in [2.75, 3.05) is 13.1 Å². The molecule has 2 heteroatoms. The third-order valence-electron chi connectivity index (χ3n) is 1.59. The lowest BCUT2D eigenvalue weighted by molar-refractivity contribution is 0.165. The van der Waals surface area contributed by atoms with Crippen molar-refractivity contribution in [3.05, 3.63) is 0 Å². The summed E-state index contributed by atoms with van der Waals surface area (Å²) in [6.45, 7) is 9.90. The first-order chi connectivity index (χ1) is 4.52. The fourth-order valence-corrected chi connectivity index (χ4v) is 0.909. The number of rotatable bonds is 2. The maximum absolute atomic E-state index is 8.44. The Balaban J connectivity index is 3.97. The molecule has 0 spiro atoms. The van der Waals surface area contributed by atoms with E-state index in [0.717, 1.165) is 6.54 Å². The molecule has 0 aliphatic rings. The second-order valence-electron chi connectivity index (χ2n) is 3.34. The molecule has 0 rings (SSSR count). The zero-order valence-corrected chi connectivity index (χ0v) is 7.31. The van der Waals surface area contributed by atoms with Crippen LogP contribution in [0.1, 0.15) is 27.7 Å². The van der Waals surface area contributed by atoms with Crippen LogP contribution in [0.15, 0.2) is 0 Å². The van der Waals surface area contributed by atoms with E-state index >= 15 is 0 Å². The Bertz CT molecular complexity index is 127. The van der Waals surface area contributed by atoms with Gasteiger partial charge in [-0.05, 0) is 27.3 Å². The Labute approximate surface area is 63.4 Å². The highest BCUT2D eigenvalue weighted by Crippen LogP contribution is 2.10. The number of hydrogen-bond donors (Lipinski definition) is 0. The van der Waals surface area contributed by atoms with Crippen molar-refractivity contribution in [2.24, 2.45) is 0 Å². The summed E-state index contributed by atoms with van der Waals surface area (Å²) in [4.78, 5) is 2.13. The van der Waals surface area contributed by atoms with Crippen LogP contribution in [-0.4, -0.2) is 23.5 Å². The van der Waals surface area contributed by atoms with Crippen LogP contribution in [0.4, 0.5) is 0 Å². The van der Waals surface area contributed by atoms with Gasteiger partial charge >= 0.3 is 0 Å². The van der Waals surface area contributed by atoms with Gasteiger partial charge in [0.1, 0.15) is 0 Å². The third-order valence-corrected chi connectivity index (χ3v) is 1.59. The molecule has 0 amide bonds. The van der Waals surface area contributed by atoms with Crippen molar-refractivity contribution in [3.63, 3.8) is 0 Å². The van der Waals surface area contributed by atoms with Gasteiger partial charge in [0.2, 0.25) is 0 Å². The van der Waals surface area contributed by atoms with Crippen molar-refractivity contribution in [2.45, 2.75) is 33.2 Å². The summed E-state index contributed by atoms with van der Waals surface area (Å²) in [5, 5.41) is 8.44. The largest absolute Gasteiger partial charge is 0.286 e. The molecule has 0 unspecified atom stereocenters. The van der Waals surface area contributed by atoms with Crippen molar-refractivity contribution in [1.29, 1.82) is 5.26 Å². The van der Waals surface area contributed by atoms with E-state index in [1.54, 1.807) is 0 Å². The number of hydrogen-bond acceptors (Lipinski definition) is 2. The minimum atomic E-state index is 0.129. The second-order valence-corrected chi connectivity index (χ2v) is 3.34.